The number of hydrogen-bond acceptors (Lipinski definition) is 6. The molecule has 7 nitrogen and oxygen atoms in total. The zero-order valence-electron chi connectivity index (χ0n) is 16.8. The minimum Gasteiger partial charge on any atom is -0.378 e. The largest absolute Gasteiger partial charge is 0.378 e. The Bertz CT molecular complexity index is 603. The van der Waals surface area contributed by atoms with Gasteiger partial charge in [-0.05, 0) is 39.4 Å². The normalized spacial score (nSPS) is 24.5. The smallest absolute Gasteiger partial charge is 0.272 e. The molecule has 0 radical (unpaired) electrons. The molecular weight excluding hydrogens is 362 g/mol. The summed E-state index contributed by atoms with van der Waals surface area (Å²) in [6.07, 6.45) is 9.24. The van der Waals surface area contributed by atoms with Crippen molar-refractivity contribution in [1.82, 2.24) is 23.7 Å². The quantitative estimate of drug-likeness (QED) is 0.715. The molecule has 2 heterocycles. The fourth-order valence-corrected chi connectivity index (χ4v) is 4.61. The summed E-state index contributed by atoms with van der Waals surface area (Å²) in [5.41, 5.74) is 0.649. The van der Waals surface area contributed by atoms with Crippen LogP contribution in [0, 0.1) is 5.92 Å². The van der Waals surface area contributed by atoms with Crippen LogP contribution in [0.2, 0.25) is 0 Å². The Balaban J connectivity index is 1.61. The first-order chi connectivity index (χ1) is 13.0. The molecule has 1 aliphatic heterocycles. The molecule has 1 aliphatic carbocycles. The second kappa shape index (κ2) is 9.91. The molecule has 3 rings (SSSR count). The van der Waals surface area contributed by atoms with E-state index in [0.29, 0.717) is 30.4 Å². The van der Waals surface area contributed by atoms with Crippen LogP contribution < -0.4 is 4.72 Å². The molecule has 0 aromatic carbocycles. The Morgan fingerprint density at radius 3 is 2.78 bits per heavy atom. The fourth-order valence-electron chi connectivity index (χ4n) is 3.95. The molecule has 1 aromatic heterocycles. The van der Waals surface area contributed by atoms with Crippen LogP contribution >= 0.6 is 12.1 Å². The van der Waals surface area contributed by atoms with Gasteiger partial charge in [0, 0.05) is 50.4 Å². The summed E-state index contributed by atoms with van der Waals surface area (Å²) in [7, 11) is 5.89. The summed E-state index contributed by atoms with van der Waals surface area (Å²) in [4.78, 5) is 14.9. The van der Waals surface area contributed by atoms with E-state index in [0.717, 1.165) is 19.5 Å². The number of ether oxygens (including phenoxy) is 1. The Morgan fingerprint density at radius 2 is 2.11 bits per heavy atom. The molecule has 2 fully saturated rings. The maximum absolute atomic E-state index is 12.9. The van der Waals surface area contributed by atoms with Gasteiger partial charge < -0.3 is 9.64 Å². The van der Waals surface area contributed by atoms with Crippen molar-refractivity contribution in [2.45, 2.75) is 50.7 Å². The lowest BCUT2D eigenvalue weighted by molar-refractivity contribution is -0.0126. The monoisotopic (exact) mass is 395 g/mol. The Hall–Kier alpha value is -1.09. The maximum atomic E-state index is 12.9. The zero-order chi connectivity index (χ0) is 19.2. The molecule has 2 aliphatic rings. The third kappa shape index (κ3) is 5.70. The zero-order valence-corrected chi connectivity index (χ0v) is 17.6. The van der Waals surface area contributed by atoms with Crippen molar-refractivity contribution in [1.29, 1.82) is 0 Å². The van der Waals surface area contributed by atoms with Gasteiger partial charge in [-0.15, -0.1) is 0 Å². The molecule has 1 amide bonds. The summed E-state index contributed by atoms with van der Waals surface area (Å²) >= 11 is 1.62. The van der Waals surface area contributed by atoms with E-state index in [9.17, 15) is 4.79 Å². The molecule has 1 unspecified atom stereocenters. The predicted octanol–water partition coefficient (Wildman–Crippen LogP) is 2.31. The minimum absolute atomic E-state index is 0.0661. The van der Waals surface area contributed by atoms with Crippen molar-refractivity contribution in [3.63, 3.8) is 0 Å². The van der Waals surface area contributed by atoms with Crippen molar-refractivity contribution in [2.24, 2.45) is 13.0 Å². The van der Waals surface area contributed by atoms with Crippen LogP contribution in [0.5, 0.6) is 0 Å². The molecule has 2 atom stereocenters. The first-order valence-corrected chi connectivity index (χ1v) is 10.8. The molecule has 1 saturated heterocycles. The number of aromatic nitrogens is 2. The molecule has 1 aromatic rings. The van der Waals surface area contributed by atoms with Crippen molar-refractivity contribution >= 4 is 18.0 Å². The fraction of sp³-hybridized carbons (Fsp3) is 0.789. The van der Waals surface area contributed by atoms with E-state index in [2.05, 4.69) is 14.1 Å². The van der Waals surface area contributed by atoms with Gasteiger partial charge in [0.2, 0.25) is 0 Å². The number of amides is 1. The number of aryl methyl sites for hydroxylation is 1. The predicted molar refractivity (Wildman–Crippen MR) is 108 cm³/mol. The number of likely N-dealkylation sites (tertiary alicyclic amines) is 1. The van der Waals surface area contributed by atoms with Crippen LogP contribution in [0.15, 0.2) is 12.3 Å². The summed E-state index contributed by atoms with van der Waals surface area (Å²) < 4.78 is 13.6. The van der Waals surface area contributed by atoms with Crippen molar-refractivity contribution in [2.75, 3.05) is 33.8 Å². The molecule has 8 heteroatoms. The molecule has 1 saturated carbocycles. The number of rotatable bonds is 7. The van der Waals surface area contributed by atoms with Gasteiger partial charge in [0.05, 0.1) is 12.7 Å². The summed E-state index contributed by atoms with van der Waals surface area (Å²) in [5.74, 6) is 0.363. The van der Waals surface area contributed by atoms with Gasteiger partial charge >= 0.3 is 0 Å². The Morgan fingerprint density at radius 1 is 1.33 bits per heavy atom. The first-order valence-electron chi connectivity index (χ1n) is 10.0. The van der Waals surface area contributed by atoms with Crippen molar-refractivity contribution < 1.29 is 9.53 Å². The average Bonchev–Trinajstić information content (AvgIpc) is 3.11. The van der Waals surface area contributed by atoms with Crippen LogP contribution in [0.1, 0.15) is 49.0 Å². The number of carbonyl (C=O) groups is 1. The van der Waals surface area contributed by atoms with Gasteiger partial charge in [0.25, 0.3) is 5.91 Å². The number of piperidine rings is 1. The number of hydrogen-bond donors (Lipinski definition) is 1. The van der Waals surface area contributed by atoms with E-state index >= 15 is 0 Å². The molecule has 27 heavy (non-hydrogen) atoms. The van der Waals surface area contributed by atoms with E-state index in [1.54, 1.807) is 29.1 Å². The van der Waals surface area contributed by atoms with E-state index < -0.39 is 0 Å². The number of carbonyl (C=O) groups excluding carboxylic acids is 1. The highest BCUT2D eigenvalue weighted by atomic mass is 32.2. The SMILES string of the molecule is CN(C)SNC1CCN(C(=O)c2ccnn2C)C[C@H]1COC1CCCCC1. The standard InChI is InChI=1S/C19H33N5O2S/c1-22(2)27-21-17-10-12-24(19(25)18-9-11-20-23(18)3)13-15(17)14-26-16-7-5-4-6-8-16/h9,11,15-17,21H,4-8,10,12-14H2,1-3H3/t15-,17?/m0/s1. The lowest BCUT2D eigenvalue weighted by Gasteiger charge is -2.39. The van der Waals surface area contributed by atoms with Gasteiger partial charge in [-0.2, -0.15) is 5.10 Å². The van der Waals surface area contributed by atoms with Gasteiger partial charge in [-0.25, -0.2) is 9.03 Å². The maximum Gasteiger partial charge on any atom is 0.272 e. The van der Waals surface area contributed by atoms with Gasteiger partial charge in [0.1, 0.15) is 5.69 Å². The minimum atomic E-state index is 0.0661. The van der Waals surface area contributed by atoms with Crippen LogP contribution in [-0.4, -0.2) is 70.8 Å². The van der Waals surface area contributed by atoms with Gasteiger partial charge in [-0.1, -0.05) is 19.3 Å². The van der Waals surface area contributed by atoms with E-state index in [4.69, 9.17) is 4.74 Å². The van der Waals surface area contributed by atoms with Crippen LogP contribution in [0.3, 0.4) is 0 Å². The third-order valence-electron chi connectivity index (χ3n) is 5.55. The van der Waals surface area contributed by atoms with E-state index in [1.165, 1.54) is 32.1 Å². The highest BCUT2D eigenvalue weighted by molar-refractivity contribution is 7.95. The third-order valence-corrected chi connectivity index (χ3v) is 6.32. The molecule has 0 spiro atoms. The van der Waals surface area contributed by atoms with Crippen LogP contribution in [-0.2, 0) is 11.8 Å². The highest BCUT2D eigenvalue weighted by Crippen LogP contribution is 2.25. The topological polar surface area (TPSA) is 62.6 Å². The first kappa shape index (κ1) is 20.6. The Kier molecular flexibility index (Phi) is 7.57. The molecule has 152 valence electrons. The lowest BCUT2D eigenvalue weighted by atomic mass is 9.92. The Labute approximate surface area is 167 Å². The number of nitrogens with zero attached hydrogens (tertiary/aromatic N) is 4. The lowest BCUT2D eigenvalue weighted by Crippen LogP contribution is -2.52. The second-order valence-electron chi connectivity index (χ2n) is 7.86. The summed E-state index contributed by atoms with van der Waals surface area (Å²) in [6, 6.07) is 2.14. The highest BCUT2D eigenvalue weighted by Gasteiger charge is 2.33. The number of nitrogens with one attached hydrogen (secondary N) is 1. The molecular formula is C19H33N5O2S. The van der Waals surface area contributed by atoms with Crippen molar-refractivity contribution in [3.05, 3.63) is 18.0 Å². The van der Waals surface area contributed by atoms with Crippen molar-refractivity contribution in [3.8, 4) is 0 Å². The van der Waals surface area contributed by atoms with Gasteiger partial charge in [-0.3, -0.25) is 9.48 Å². The van der Waals surface area contributed by atoms with Crippen LogP contribution in [0.4, 0.5) is 0 Å². The molecule has 0 bridgehead atoms. The van der Waals surface area contributed by atoms with Crippen LogP contribution in [0.25, 0.3) is 0 Å². The van der Waals surface area contributed by atoms with E-state index in [-0.39, 0.29) is 5.91 Å². The average molecular weight is 396 g/mol. The molecule has 1 N–H and O–H groups in total. The summed E-state index contributed by atoms with van der Waals surface area (Å²) in [6.45, 7) is 2.20. The summed E-state index contributed by atoms with van der Waals surface area (Å²) in [5, 5.41) is 4.14. The van der Waals surface area contributed by atoms with Gasteiger partial charge in [0.15, 0.2) is 0 Å². The van der Waals surface area contributed by atoms with E-state index in [1.807, 2.05) is 26.0 Å². The second-order valence-corrected chi connectivity index (χ2v) is 9.01.